The molecule has 0 saturated carbocycles. The summed E-state index contributed by atoms with van der Waals surface area (Å²) in [6.07, 6.45) is 4.99. The lowest BCUT2D eigenvalue weighted by atomic mass is 10.2. The van der Waals surface area contributed by atoms with Gasteiger partial charge in [-0.3, -0.25) is 0 Å². The molecule has 1 unspecified atom stereocenters. The molecule has 1 aliphatic heterocycles. The van der Waals surface area contributed by atoms with Gasteiger partial charge in [0.05, 0.1) is 6.04 Å². The minimum Gasteiger partial charge on any atom is -0.475 e. The summed E-state index contributed by atoms with van der Waals surface area (Å²) in [6, 6.07) is 3.76. The van der Waals surface area contributed by atoms with Crippen molar-refractivity contribution >= 4 is 12.2 Å². The normalized spacial score (nSPS) is 18.1. The molecule has 0 aromatic carbocycles. The standard InChI is InChI=1S/C17H24N2O3/c1-5-13-8-6-10-18-15(13)21-12-14-9-7-11-19(14)16(20)22-17(2,3)4/h5-6,8,10,14H,1,7,9,11-12H2,2-4H3. The van der Waals surface area contributed by atoms with Gasteiger partial charge in [-0.25, -0.2) is 9.78 Å². The number of amides is 1. The van der Waals surface area contributed by atoms with Gasteiger partial charge in [0.2, 0.25) is 5.88 Å². The van der Waals surface area contributed by atoms with Crippen LogP contribution in [0, 0.1) is 0 Å². The Bertz CT molecular complexity index is 537. The predicted octanol–water partition coefficient (Wildman–Crippen LogP) is 3.50. The summed E-state index contributed by atoms with van der Waals surface area (Å²) in [5.74, 6) is 0.550. The fourth-order valence-corrected chi connectivity index (χ4v) is 2.42. The van der Waals surface area contributed by atoms with E-state index in [1.165, 1.54) is 0 Å². The molecular formula is C17H24N2O3. The first kappa shape index (κ1) is 16.3. The molecule has 1 aromatic rings. The van der Waals surface area contributed by atoms with E-state index in [2.05, 4.69) is 11.6 Å². The number of carbonyl (C=O) groups is 1. The maximum atomic E-state index is 12.2. The Labute approximate surface area is 131 Å². The number of ether oxygens (including phenoxy) is 2. The average Bonchev–Trinajstić information content (AvgIpc) is 2.92. The molecule has 1 fully saturated rings. The molecule has 120 valence electrons. The lowest BCUT2D eigenvalue weighted by molar-refractivity contribution is 0.0186. The first-order valence-corrected chi connectivity index (χ1v) is 7.60. The van der Waals surface area contributed by atoms with Crippen LogP contribution in [0.25, 0.3) is 6.08 Å². The molecule has 2 heterocycles. The number of nitrogens with zero attached hydrogens (tertiary/aromatic N) is 2. The van der Waals surface area contributed by atoms with E-state index in [0.29, 0.717) is 19.0 Å². The maximum absolute atomic E-state index is 12.2. The van der Waals surface area contributed by atoms with Crippen molar-refractivity contribution in [3.63, 3.8) is 0 Å². The van der Waals surface area contributed by atoms with E-state index in [0.717, 1.165) is 18.4 Å². The van der Waals surface area contributed by atoms with E-state index < -0.39 is 5.60 Å². The maximum Gasteiger partial charge on any atom is 0.410 e. The number of hydrogen-bond donors (Lipinski definition) is 0. The van der Waals surface area contributed by atoms with Crippen molar-refractivity contribution in [3.05, 3.63) is 30.5 Å². The van der Waals surface area contributed by atoms with Crippen molar-refractivity contribution in [1.29, 1.82) is 0 Å². The van der Waals surface area contributed by atoms with Crippen LogP contribution < -0.4 is 4.74 Å². The van der Waals surface area contributed by atoms with Crippen LogP contribution in [0.2, 0.25) is 0 Å². The van der Waals surface area contributed by atoms with Crippen LogP contribution in [0.15, 0.2) is 24.9 Å². The largest absolute Gasteiger partial charge is 0.475 e. The first-order valence-electron chi connectivity index (χ1n) is 7.60. The fraction of sp³-hybridized carbons (Fsp3) is 0.529. The second-order valence-electron chi connectivity index (χ2n) is 6.38. The zero-order valence-corrected chi connectivity index (χ0v) is 13.5. The van der Waals surface area contributed by atoms with Crippen LogP contribution in [0.3, 0.4) is 0 Å². The molecule has 1 aromatic heterocycles. The Hall–Kier alpha value is -2.04. The smallest absolute Gasteiger partial charge is 0.410 e. The zero-order valence-electron chi connectivity index (χ0n) is 13.5. The fourth-order valence-electron chi connectivity index (χ4n) is 2.42. The molecule has 2 rings (SSSR count). The van der Waals surface area contributed by atoms with Gasteiger partial charge in [-0.1, -0.05) is 12.7 Å². The van der Waals surface area contributed by atoms with Crippen molar-refractivity contribution in [3.8, 4) is 5.88 Å². The summed E-state index contributed by atoms with van der Waals surface area (Å²) in [7, 11) is 0. The van der Waals surface area contributed by atoms with Gasteiger partial charge in [0.15, 0.2) is 0 Å². The average molecular weight is 304 g/mol. The molecule has 1 saturated heterocycles. The number of pyridine rings is 1. The number of hydrogen-bond acceptors (Lipinski definition) is 4. The minimum absolute atomic E-state index is 0.0227. The van der Waals surface area contributed by atoms with E-state index >= 15 is 0 Å². The minimum atomic E-state index is -0.484. The predicted molar refractivity (Wildman–Crippen MR) is 85.8 cm³/mol. The van der Waals surface area contributed by atoms with Crippen molar-refractivity contribution in [2.24, 2.45) is 0 Å². The quantitative estimate of drug-likeness (QED) is 0.854. The molecule has 0 N–H and O–H groups in total. The van der Waals surface area contributed by atoms with Gasteiger partial charge < -0.3 is 14.4 Å². The SMILES string of the molecule is C=Cc1cccnc1OCC1CCCN1C(=O)OC(C)(C)C. The summed E-state index contributed by atoms with van der Waals surface area (Å²) in [4.78, 5) is 18.2. The van der Waals surface area contributed by atoms with Gasteiger partial charge in [-0.2, -0.15) is 0 Å². The van der Waals surface area contributed by atoms with Gasteiger partial charge in [-0.05, 0) is 45.7 Å². The zero-order chi connectivity index (χ0) is 16.2. The molecule has 1 atom stereocenters. The number of likely N-dealkylation sites (tertiary alicyclic amines) is 1. The second kappa shape index (κ2) is 6.81. The number of aromatic nitrogens is 1. The molecule has 5 heteroatoms. The van der Waals surface area contributed by atoms with E-state index in [9.17, 15) is 4.79 Å². The van der Waals surface area contributed by atoms with Gasteiger partial charge in [0.25, 0.3) is 0 Å². The van der Waals surface area contributed by atoms with Crippen LogP contribution in [0.5, 0.6) is 5.88 Å². The Morgan fingerprint density at radius 2 is 2.32 bits per heavy atom. The summed E-state index contributed by atoms with van der Waals surface area (Å²) in [5.41, 5.74) is 0.367. The van der Waals surface area contributed by atoms with Crippen molar-refractivity contribution < 1.29 is 14.3 Å². The highest BCUT2D eigenvalue weighted by molar-refractivity contribution is 5.69. The first-order chi connectivity index (χ1) is 10.4. The van der Waals surface area contributed by atoms with Crippen LogP contribution in [-0.4, -0.2) is 40.8 Å². The Balaban J connectivity index is 1.97. The van der Waals surface area contributed by atoms with E-state index in [-0.39, 0.29) is 12.1 Å². The monoisotopic (exact) mass is 304 g/mol. The third-order valence-electron chi connectivity index (χ3n) is 3.44. The van der Waals surface area contributed by atoms with Crippen molar-refractivity contribution in [2.45, 2.75) is 45.3 Å². The van der Waals surface area contributed by atoms with Crippen molar-refractivity contribution in [1.82, 2.24) is 9.88 Å². The van der Waals surface area contributed by atoms with Gasteiger partial charge in [0.1, 0.15) is 12.2 Å². The highest BCUT2D eigenvalue weighted by Crippen LogP contribution is 2.23. The Morgan fingerprint density at radius 1 is 1.55 bits per heavy atom. The molecule has 1 amide bonds. The van der Waals surface area contributed by atoms with E-state index in [1.807, 2.05) is 32.9 Å². The molecule has 22 heavy (non-hydrogen) atoms. The highest BCUT2D eigenvalue weighted by atomic mass is 16.6. The molecule has 0 bridgehead atoms. The third-order valence-corrected chi connectivity index (χ3v) is 3.44. The second-order valence-corrected chi connectivity index (χ2v) is 6.38. The number of carbonyl (C=O) groups excluding carboxylic acids is 1. The summed E-state index contributed by atoms with van der Waals surface area (Å²) in [5, 5.41) is 0. The van der Waals surface area contributed by atoms with Gasteiger partial charge >= 0.3 is 6.09 Å². The molecule has 1 aliphatic rings. The summed E-state index contributed by atoms with van der Waals surface area (Å²) < 4.78 is 11.2. The lowest BCUT2D eigenvalue weighted by Gasteiger charge is -2.28. The van der Waals surface area contributed by atoms with E-state index in [4.69, 9.17) is 9.47 Å². The van der Waals surface area contributed by atoms with E-state index in [1.54, 1.807) is 17.2 Å². The summed E-state index contributed by atoms with van der Waals surface area (Å²) >= 11 is 0. The number of rotatable bonds is 4. The molecular weight excluding hydrogens is 280 g/mol. The van der Waals surface area contributed by atoms with Crippen LogP contribution in [0.1, 0.15) is 39.2 Å². The topological polar surface area (TPSA) is 51.7 Å². The van der Waals surface area contributed by atoms with Crippen LogP contribution in [-0.2, 0) is 4.74 Å². The Kier molecular flexibility index (Phi) is 5.06. The van der Waals surface area contributed by atoms with Gasteiger partial charge in [0, 0.05) is 18.3 Å². The molecule has 5 nitrogen and oxygen atoms in total. The van der Waals surface area contributed by atoms with Crippen molar-refractivity contribution in [2.75, 3.05) is 13.2 Å². The van der Waals surface area contributed by atoms with Crippen LogP contribution >= 0.6 is 0 Å². The molecule has 0 spiro atoms. The summed E-state index contributed by atoms with van der Waals surface area (Å²) in [6.45, 7) is 10.5. The third kappa shape index (κ3) is 4.23. The van der Waals surface area contributed by atoms with Crippen LogP contribution in [0.4, 0.5) is 4.79 Å². The molecule has 0 radical (unpaired) electrons. The lowest BCUT2D eigenvalue weighted by Crippen LogP contribution is -2.42. The van der Waals surface area contributed by atoms with Gasteiger partial charge in [-0.15, -0.1) is 0 Å². The molecule has 0 aliphatic carbocycles. The Morgan fingerprint density at radius 3 is 3.00 bits per heavy atom. The highest BCUT2D eigenvalue weighted by Gasteiger charge is 2.32.